The zero-order chi connectivity index (χ0) is 16.9. The second kappa shape index (κ2) is 7.50. The Bertz CT molecular complexity index is 827. The normalized spacial score (nSPS) is 10.6. The van der Waals surface area contributed by atoms with Crippen molar-refractivity contribution in [1.29, 1.82) is 0 Å². The number of amides is 1. The van der Waals surface area contributed by atoms with E-state index < -0.39 is 0 Å². The van der Waals surface area contributed by atoms with Crippen LogP contribution in [-0.4, -0.2) is 27.6 Å². The monoisotopic (exact) mass is 360 g/mol. The van der Waals surface area contributed by atoms with Crippen LogP contribution < -0.4 is 10.1 Å². The highest BCUT2D eigenvalue weighted by Gasteiger charge is 2.17. The van der Waals surface area contributed by atoms with Gasteiger partial charge in [-0.1, -0.05) is 17.8 Å². The van der Waals surface area contributed by atoms with E-state index in [1.165, 1.54) is 11.3 Å². The van der Waals surface area contributed by atoms with Crippen molar-refractivity contribution in [3.8, 4) is 17.0 Å². The number of nitrogens with zero attached hydrogens (tertiary/aromatic N) is 3. The number of rotatable bonds is 6. The van der Waals surface area contributed by atoms with Crippen molar-refractivity contribution < 1.29 is 9.53 Å². The van der Waals surface area contributed by atoms with Crippen molar-refractivity contribution in [1.82, 2.24) is 14.6 Å². The number of carbonyl (C=O) groups is 1. The van der Waals surface area contributed by atoms with Gasteiger partial charge in [0.2, 0.25) is 0 Å². The van der Waals surface area contributed by atoms with Gasteiger partial charge >= 0.3 is 0 Å². The first-order valence-electron chi connectivity index (χ1n) is 7.43. The summed E-state index contributed by atoms with van der Waals surface area (Å²) in [5.74, 6) is 0.590. The molecule has 0 spiro atoms. The summed E-state index contributed by atoms with van der Waals surface area (Å²) in [6, 6.07) is 7.64. The molecule has 0 aliphatic carbocycles. The third-order valence-corrected chi connectivity index (χ3v) is 4.88. The molecule has 24 heavy (non-hydrogen) atoms. The van der Waals surface area contributed by atoms with Gasteiger partial charge in [-0.15, -0.1) is 16.4 Å². The molecule has 0 fully saturated rings. The summed E-state index contributed by atoms with van der Waals surface area (Å²) in [7, 11) is 1.63. The molecule has 0 bridgehead atoms. The lowest BCUT2D eigenvalue weighted by Crippen LogP contribution is -2.12. The molecule has 6 nitrogen and oxygen atoms in total. The van der Waals surface area contributed by atoms with E-state index in [4.69, 9.17) is 4.74 Å². The van der Waals surface area contributed by atoms with Crippen molar-refractivity contribution in [2.24, 2.45) is 0 Å². The fraction of sp³-hybridized carbons (Fsp3) is 0.250. The quantitative estimate of drug-likeness (QED) is 0.722. The molecule has 3 aromatic rings. The highest BCUT2D eigenvalue weighted by atomic mass is 32.1. The molecule has 1 N–H and O–H groups in total. The predicted octanol–water partition coefficient (Wildman–Crippen LogP) is 3.88. The van der Waals surface area contributed by atoms with Gasteiger partial charge in [-0.2, -0.15) is 0 Å². The van der Waals surface area contributed by atoms with E-state index in [1.54, 1.807) is 7.11 Å². The molecule has 0 aliphatic rings. The van der Waals surface area contributed by atoms with Gasteiger partial charge in [0.15, 0.2) is 5.13 Å². The van der Waals surface area contributed by atoms with Crippen LogP contribution in [0.3, 0.4) is 0 Å². The van der Waals surface area contributed by atoms with Gasteiger partial charge in [0.05, 0.1) is 18.5 Å². The van der Waals surface area contributed by atoms with E-state index in [0.717, 1.165) is 47.1 Å². The summed E-state index contributed by atoms with van der Waals surface area (Å²) in [5, 5.41) is 9.32. The standard InChI is InChI=1S/C16H16N4O2S2/c1-3-4-12-14(24-20-19-12)15(21)18-16-17-13(9-23-16)10-5-7-11(22-2)8-6-10/h5-9H,3-4H2,1-2H3,(H,17,18,21). The van der Waals surface area contributed by atoms with Crippen LogP contribution in [0.25, 0.3) is 11.3 Å². The molecular formula is C16H16N4O2S2. The number of ether oxygens (including phenoxy) is 1. The van der Waals surface area contributed by atoms with Crippen molar-refractivity contribution >= 4 is 33.9 Å². The van der Waals surface area contributed by atoms with Crippen LogP contribution >= 0.6 is 22.9 Å². The van der Waals surface area contributed by atoms with E-state index in [0.29, 0.717) is 10.0 Å². The number of aryl methyl sites for hydroxylation is 1. The predicted molar refractivity (Wildman–Crippen MR) is 96.0 cm³/mol. The Morgan fingerprint density at radius 3 is 2.79 bits per heavy atom. The number of hydrogen-bond donors (Lipinski definition) is 1. The van der Waals surface area contributed by atoms with Gasteiger partial charge in [-0.05, 0) is 42.2 Å². The molecule has 3 rings (SSSR count). The lowest BCUT2D eigenvalue weighted by atomic mass is 10.2. The summed E-state index contributed by atoms with van der Waals surface area (Å²) in [6.07, 6.45) is 1.67. The summed E-state index contributed by atoms with van der Waals surface area (Å²) in [6.45, 7) is 2.04. The summed E-state index contributed by atoms with van der Waals surface area (Å²) < 4.78 is 9.02. The number of carbonyl (C=O) groups excluding carboxylic acids is 1. The fourth-order valence-electron chi connectivity index (χ4n) is 2.16. The third-order valence-electron chi connectivity index (χ3n) is 3.36. The van der Waals surface area contributed by atoms with E-state index in [2.05, 4.69) is 19.9 Å². The van der Waals surface area contributed by atoms with Crippen molar-refractivity contribution in [2.45, 2.75) is 19.8 Å². The smallest absolute Gasteiger partial charge is 0.271 e. The Morgan fingerprint density at radius 2 is 2.08 bits per heavy atom. The second-order valence-corrected chi connectivity index (χ2v) is 6.63. The van der Waals surface area contributed by atoms with Crippen LogP contribution in [0.1, 0.15) is 28.7 Å². The first-order chi connectivity index (χ1) is 11.7. The maximum atomic E-state index is 12.4. The molecule has 2 heterocycles. The highest BCUT2D eigenvalue weighted by molar-refractivity contribution is 7.14. The fourth-order valence-corrected chi connectivity index (χ4v) is 3.48. The van der Waals surface area contributed by atoms with Gasteiger partial charge in [0, 0.05) is 10.9 Å². The van der Waals surface area contributed by atoms with Crippen LogP contribution in [-0.2, 0) is 6.42 Å². The largest absolute Gasteiger partial charge is 0.497 e. The molecule has 0 atom stereocenters. The average molecular weight is 360 g/mol. The molecule has 0 saturated heterocycles. The Labute approximate surface area is 147 Å². The van der Waals surface area contributed by atoms with E-state index in [-0.39, 0.29) is 5.91 Å². The summed E-state index contributed by atoms with van der Waals surface area (Å²) >= 11 is 2.50. The Kier molecular flexibility index (Phi) is 5.17. The second-order valence-electron chi connectivity index (χ2n) is 5.02. The van der Waals surface area contributed by atoms with E-state index in [9.17, 15) is 4.79 Å². The number of aromatic nitrogens is 3. The van der Waals surface area contributed by atoms with E-state index in [1.807, 2.05) is 36.6 Å². The lowest BCUT2D eigenvalue weighted by Gasteiger charge is -2.01. The van der Waals surface area contributed by atoms with Gasteiger partial charge in [-0.25, -0.2) is 4.98 Å². The van der Waals surface area contributed by atoms with Crippen LogP contribution in [0.15, 0.2) is 29.6 Å². The minimum atomic E-state index is -0.205. The lowest BCUT2D eigenvalue weighted by molar-refractivity contribution is 0.102. The Morgan fingerprint density at radius 1 is 1.29 bits per heavy atom. The average Bonchev–Trinajstić information content (AvgIpc) is 3.25. The van der Waals surface area contributed by atoms with Gasteiger partial charge in [0.25, 0.3) is 5.91 Å². The number of nitrogens with one attached hydrogen (secondary N) is 1. The zero-order valence-electron chi connectivity index (χ0n) is 13.3. The topological polar surface area (TPSA) is 77.0 Å². The molecular weight excluding hydrogens is 344 g/mol. The number of anilines is 1. The number of thiazole rings is 1. The summed E-state index contributed by atoms with van der Waals surface area (Å²) in [4.78, 5) is 17.4. The van der Waals surface area contributed by atoms with Crippen LogP contribution in [0.4, 0.5) is 5.13 Å². The van der Waals surface area contributed by atoms with Crippen molar-refractivity contribution in [2.75, 3.05) is 12.4 Å². The molecule has 0 saturated carbocycles. The van der Waals surface area contributed by atoms with Gasteiger partial charge in [0.1, 0.15) is 10.6 Å². The molecule has 0 aliphatic heterocycles. The Hall–Kier alpha value is -2.32. The first kappa shape index (κ1) is 16.5. The molecule has 2 aromatic heterocycles. The molecule has 0 unspecified atom stereocenters. The SMILES string of the molecule is CCCc1nnsc1C(=O)Nc1nc(-c2ccc(OC)cc2)cs1. The van der Waals surface area contributed by atoms with Crippen LogP contribution in [0.5, 0.6) is 5.75 Å². The number of methoxy groups -OCH3 is 1. The van der Waals surface area contributed by atoms with E-state index >= 15 is 0 Å². The molecule has 124 valence electrons. The first-order valence-corrected chi connectivity index (χ1v) is 9.09. The number of benzene rings is 1. The third kappa shape index (κ3) is 3.60. The van der Waals surface area contributed by atoms with Gasteiger partial charge in [-0.3, -0.25) is 10.1 Å². The maximum Gasteiger partial charge on any atom is 0.271 e. The highest BCUT2D eigenvalue weighted by Crippen LogP contribution is 2.27. The van der Waals surface area contributed by atoms with Crippen LogP contribution in [0.2, 0.25) is 0 Å². The molecule has 1 aromatic carbocycles. The number of hydrogen-bond acceptors (Lipinski definition) is 7. The minimum Gasteiger partial charge on any atom is -0.497 e. The Balaban J connectivity index is 1.73. The molecule has 1 amide bonds. The summed E-state index contributed by atoms with van der Waals surface area (Å²) in [5.41, 5.74) is 2.53. The van der Waals surface area contributed by atoms with Crippen LogP contribution in [0, 0.1) is 0 Å². The van der Waals surface area contributed by atoms with Crippen molar-refractivity contribution in [3.63, 3.8) is 0 Å². The van der Waals surface area contributed by atoms with Crippen molar-refractivity contribution in [3.05, 3.63) is 40.2 Å². The zero-order valence-corrected chi connectivity index (χ0v) is 14.9. The maximum absolute atomic E-state index is 12.4. The molecule has 0 radical (unpaired) electrons. The molecule has 8 heteroatoms. The minimum absolute atomic E-state index is 0.205. The van der Waals surface area contributed by atoms with Gasteiger partial charge < -0.3 is 4.74 Å².